The number of benzene rings is 1. The molecule has 1 aromatic carbocycles. The van der Waals surface area contributed by atoms with E-state index >= 15 is 0 Å². The smallest absolute Gasteiger partial charge is 0.332 e. The average molecular weight is 417 g/mol. The minimum Gasteiger partial charge on any atom is -0.466 e. The van der Waals surface area contributed by atoms with Gasteiger partial charge >= 0.3 is 11.9 Å². The van der Waals surface area contributed by atoms with Gasteiger partial charge in [-0.25, -0.2) is 4.79 Å². The van der Waals surface area contributed by atoms with Crippen molar-refractivity contribution in [2.24, 2.45) is 0 Å². The van der Waals surface area contributed by atoms with E-state index in [1.165, 1.54) is 6.08 Å². The van der Waals surface area contributed by atoms with Crippen molar-refractivity contribution in [2.75, 3.05) is 18.5 Å². The second-order valence-corrected chi connectivity index (χ2v) is 5.66. The third-order valence-corrected chi connectivity index (χ3v) is 3.53. The van der Waals surface area contributed by atoms with Crippen LogP contribution in [0.4, 0.5) is 5.69 Å². The summed E-state index contributed by atoms with van der Waals surface area (Å²) in [7, 11) is 0. The first kappa shape index (κ1) is 18.5. The summed E-state index contributed by atoms with van der Waals surface area (Å²) in [5, 5.41) is 3.14. The van der Waals surface area contributed by atoms with Gasteiger partial charge in [0.05, 0.1) is 25.3 Å². The van der Waals surface area contributed by atoms with Crippen LogP contribution in [0.5, 0.6) is 0 Å². The Bertz CT molecular complexity index is 569. The summed E-state index contributed by atoms with van der Waals surface area (Å²) in [4.78, 5) is 22.8. The van der Waals surface area contributed by atoms with E-state index in [0.29, 0.717) is 18.9 Å². The molecule has 0 saturated heterocycles. The average Bonchev–Trinajstić information content (AvgIpc) is 2.42. The Morgan fingerprint density at radius 3 is 2.50 bits per heavy atom. The molecule has 0 saturated carbocycles. The predicted octanol–water partition coefficient (Wildman–Crippen LogP) is 3.28. The highest BCUT2D eigenvalue weighted by molar-refractivity contribution is 14.1. The van der Waals surface area contributed by atoms with E-state index in [-0.39, 0.29) is 18.4 Å². The van der Waals surface area contributed by atoms with Crippen molar-refractivity contribution in [3.63, 3.8) is 0 Å². The van der Waals surface area contributed by atoms with Crippen LogP contribution in [0.2, 0.25) is 0 Å². The SMILES string of the molecule is CCOC(=O)C=C(C)Nc1ccc(CC(=O)OCC)cc1I. The molecule has 0 bridgehead atoms. The first-order valence-electron chi connectivity index (χ1n) is 7.02. The van der Waals surface area contributed by atoms with Gasteiger partial charge in [-0.1, -0.05) is 6.07 Å². The Labute approximate surface area is 144 Å². The van der Waals surface area contributed by atoms with E-state index in [1.54, 1.807) is 20.8 Å². The van der Waals surface area contributed by atoms with Crippen LogP contribution in [0.25, 0.3) is 0 Å². The molecule has 0 fully saturated rings. The molecule has 1 rings (SSSR count). The van der Waals surface area contributed by atoms with Crippen molar-refractivity contribution < 1.29 is 19.1 Å². The zero-order chi connectivity index (χ0) is 16.5. The fraction of sp³-hybridized carbons (Fsp3) is 0.375. The van der Waals surface area contributed by atoms with Crippen LogP contribution in [-0.2, 0) is 25.5 Å². The maximum atomic E-state index is 11.5. The molecule has 1 aromatic rings. The minimum absolute atomic E-state index is 0.239. The fourth-order valence-corrected chi connectivity index (χ4v) is 2.47. The van der Waals surface area contributed by atoms with Crippen LogP contribution in [0, 0.1) is 3.57 Å². The summed E-state index contributed by atoms with van der Waals surface area (Å²) in [6.45, 7) is 6.07. The van der Waals surface area contributed by atoms with Gasteiger partial charge in [-0.3, -0.25) is 4.79 Å². The highest BCUT2D eigenvalue weighted by atomic mass is 127. The van der Waals surface area contributed by atoms with E-state index in [9.17, 15) is 9.59 Å². The number of hydrogen-bond donors (Lipinski definition) is 1. The number of halogens is 1. The van der Waals surface area contributed by atoms with Crippen LogP contribution in [-0.4, -0.2) is 25.2 Å². The van der Waals surface area contributed by atoms with Gasteiger partial charge in [0.1, 0.15) is 0 Å². The maximum Gasteiger partial charge on any atom is 0.332 e. The number of carbonyl (C=O) groups is 2. The molecule has 0 radical (unpaired) electrons. The molecule has 0 aromatic heterocycles. The van der Waals surface area contributed by atoms with Crippen molar-refractivity contribution in [1.82, 2.24) is 0 Å². The number of allylic oxidation sites excluding steroid dienone is 1. The van der Waals surface area contributed by atoms with Gasteiger partial charge in [0.15, 0.2) is 0 Å². The summed E-state index contributed by atoms with van der Waals surface area (Å²) in [5.41, 5.74) is 2.45. The number of hydrogen-bond acceptors (Lipinski definition) is 5. The lowest BCUT2D eigenvalue weighted by molar-refractivity contribution is -0.142. The number of anilines is 1. The molecule has 0 aliphatic carbocycles. The lowest BCUT2D eigenvalue weighted by atomic mass is 10.1. The Hall–Kier alpha value is -1.57. The van der Waals surface area contributed by atoms with E-state index in [2.05, 4.69) is 27.9 Å². The molecule has 22 heavy (non-hydrogen) atoms. The number of rotatable bonds is 7. The monoisotopic (exact) mass is 417 g/mol. The maximum absolute atomic E-state index is 11.5. The number of carbonyl (C=O) groups excluding carboxylic acids is 2. The highest BCUT2D eigenvalue weighted by Crippen LogP contribution is 2.21. The standard InChI is InChI=1S/C16H20INO4/c1-4-21-15(19)8-11(3)18-14-7-6-12(9-13(14)17)10-16(20)22-5-2/h6-9,18H,4-5,10H2,1-3H3. The molecule has 1 N–H and O–H groups in total. The van der Waals surface area contributed by atoms with Gasteiger partial charge < -0.3 is 14.8 Å². The molecule has 6 heteroatoms. The first-order valence-corrected chi connectivity index (χ1v) is 8.10. The van der Waals surface area contributed by atoms with E-state index < -0.39 is 0 Å². The van der Waals surface area contributed by atoms with Crippen molar-refractivity contribution in [3.05, 3.63) is 39.1 Å². The van der Waals surface area contributed by atoms with Gasteiger partial charge in [0, 0.05) is 15.3 Å². The molecule has 0 heterocycles. The van der Waals surface area contributed by atoms with Crippen molar-refractivity contribution >= 4 is 40.2 Å². The Balaban J connectivity index is 2.73. The van der Waals surface area contributed by atoms with Gasteiger partial charge in [0.25, 0.3) is 0 Å². The van der Waals surface area contributed by atoms with Crippen molar-refractivity contribution in [2.45, 2.75) is 27.2 Å². The molecule has 0 aliphatic rings. The van der Waals surface area contributed by atoms with Crippen LogP contribution < -0.4 is 5.32 Å². The molecule has 120 valence electrons. The van der Waals surface area contributed by atoms with E-state index in [1.807, 2.05) is 18.2 Å². The van der Waals surface area contributed by atoms with Gasteiger partial charge in [-0.05, 0) is 61.1 Å². The third kappa shape index (κ3) is 6.46. The summed E-state index contributed by atoms with van der Waals surface area (Å²) < 4.78 is 10.7. The molecular weight excluding hydrogens is 397 g/mol. The number of esters is 2. The summed E-state index contributed by atoms with van der Waals surface area (Å²) in [6.07, 6.45) is 1.66. The van der Waals surface area contributed by atoms with Gasteiger partial charge in [-0.15, -0.1) is 0 Å². The normalized spacial score (nSPS) is 11.0. The van der Waals surface area contributed by atoms with Crippen LogP contribution >= 0.6 is 22.6 Å². The Morgan fingerprint density at radius 2 is 1.91 bits per heavy atom. The predicted molar refractivity (Wildman–Crippen MR) is 93.5 cm³/mol. The number of ether oxygens (including phenoxy) is 2. The van der Waals surface area contributed by atoms with Crippen LogP contribution in [0.15, 0.2) is 30.0 Å². The molecule has 5 nitrogen and oxygen atoms in total. The summed E-state index contributed by atoms with van der Waals surface area (Å²) in [5.74, 6) is -0.612. The van der Waals surface area contributed by atoms with Crippen molar-refractivity contribution in [1.29, 1.82) is 0 Å². The molecule has 0 amide bonds. The van der Waals surface area contributed by atoms with Gasteiger partial charge in [-0.2, -0.15) is 0 Å². The lowest BCUT2D eigenvalue weighted by Gasteiger charge is -2.10. The Morgan fingerprint density at radius 1 is 1.23 bits per heavy atom. The van der Waals surface area contributed by atoms with Crippen LogP contribution in [0.3, 0.4) is 0 Å². The molecule has 0 spiro atoms. The first-order chi connectivity index (χ1) is 10.5. The topological polar surface area (TPSA) is 64.6 Å². The second kappa shape index (κ2) is 9.45. The van der Waals surface area contributed by atoms with Crippen LogP contribution in [0.1, 0.15) is 26.3 Å². The molecule has 0 atom stereocenters. The molecule has 0 aliphatic heterocycles. The van der Waals surface area contributed by atoms with Crippen molar-refractivity contribution in [3.8, 4) is 0 Å². The second-order valence-electron chi connectivity index (χ2n) is 4.50. The number of nitrogens with one attached hydrogen (secondary N) is 1. The fourth-order valence-electron chi connectivity index (χ4n) is 1.76. The summed E-state index contributed by atoms with van der Waals surface area (Å²) in [6, 6.07) is 5.65. The van der Waals surface area contributed by atoms with E-state index in [0.717, 1.165) is 14.8 Å². The molecule has 0 unspecified atom stereocenters. The Kier molecular flexibility index (Phi) is 7.94. The lowest BCUT2D eigenvalue weighted by Crippen LogP contribution is -2.08. The van der Waals surface area contributed by atoms with E-state index in [4.69, 9.17) is 9.47 Å². The molecular formula is C16H20INO4. The minimum atomic E-state index is -0.374. The highest BCUT2D eigenvalue weighted by Gasteiger charge is 2.07. The van der Waals surface area contributed by atoms with Gasteiger partial charge in [0.2, 0.25) is 0 Å². The zero-order valence-electron chi connectivity index (χ0n) is 12.9. The summed E-state index contributed by atoms with van der Waals surface area (Å²) >= 11 is 2.18. The largest absolute Gasteiger partial charge is 0.466 e. The zero-order valence-corrected chi connectivity index (χ0v) is 15.1. The quantitative estimate of drug-likeness (QED) is 0.419. The third-order valence-electron chi connectivity index (χ3n) is 2.64.